The van der Waals surface area contributed by atoms with Gasteiger partial charge in [0, 0.05) is 12.1 Å². The Kier molecular flexibility index (Phi) is 4.63. The van der Waals surface area contributed by atoms with Crippen LogP contribution in [0.1, 0.15) is 19.3 Å². The quantitative estimate of drug-likeness (QED) is 0.711. The van der Waals surface area contributed by atoms with E-state index in [1.54, 1.807) is 12.3 Å². The van der Waals surface area contributed by atoms with Crippen molar-refractivity contribution in [2.24, 2.45) is 0 Å². The van der Waals surface area contributed by atoms with Crippen molar-refractivity contribution in [3.63, 3.8) is 0 Å². The molecule has 0 saturated carbocycles. The zero-order valence-corrected chi connectivity index (χ0v) is 14.6. The van der Waals surface area contributed by atoms with Gasteiger partial charge in [-0.25, -0.2) is 19.0 Å². The largest absolute Gasteiger partial charge is 0.301 e. The molecule has 0 radical (unpaired) electrons. The SMILES string of the molecule is Fc1ccc(-c2ncnc3c2cnn3CCN2CCCCC2)c(Cl)c1. The fourth-order valence-corrected chi connectivity index (χ4v) is 3.63. The van der Waals surface area contributed by atoms with E-state index in [4.69, 9.17) is 11.6 Å². The molecule has 130 valence electrons. The molecule has 25 heavy (non-hydrogen) atoms. The van der Waals surface area contributed by atoms with Crippen LogP contribution in [0.2, 0.25) is 5.02 Å². The highest BCUT2D eigenvalue weighted by atomic mass is 35.5. The highest BCUT2D eigenvalue weighted by Gasteiger charge is 2.15. The second-order valence-corrected chi connectivity index (χ2v) is 6.76. The minimum Gasteiger partial charge on any atom is -0.301 e. The van der Waals surface area contributed by atoms with Crippen molar-refractivity contribution < 1.29 is 4.39 Å². The van der Waals surface area contributed by atoms with Crippen LogP contribution < -0.4 is 0 Å². The number of benzene rings is 1. The summed E-state index contributed by atoms with van der Waals surface area (Å²) in [5.74, 6) is -0.365. The zero-order valence-electron chi connectivity index (χ0n) is 13.8. The van der Waals surface area contributed by atoms with Gasteiger partial charge in [-0.05, 0) is 44.1 Å². The van der Waals surface area contributed by atoms with Crippen molar-refractivity contribution in [3.8, 4) is 11.3 Å². The minimum atomic E-state index is -0.365. The van der Waals surface area contributed by atoms with Crippen molar-refractivity contribution >= 4 is 22.6 Å². The highest BCUT2D eigenvalue weighted by molar-refractivity contribution is 6.33. The molecule has 1 aromatic carbocycles. The maximum absolute atomic E-state index is 13.3. The third-order valence-electron chi connectivity index (χ3n) is 4.70. The van der Waals surface area contributed by atoms with Gasteiger partial charge < -0.3 is 4.90 Å². The summed E-state index contributed by atoms with van der Waals surface area (Å²) in [5, 5.41) is 5.65. The lowest BCUT2D eigenvalue weighted by atomic mass is 10.1. The van der Waals surface area contributed by atoms with Gasteiger partial charge in [-0.2, -0.15) is 5.10 Å². The monoisotopic (exact) mass is 359 g/mol. The molecule has 1 fully saturated rings. The van der Waals surface area contributed by atoms with Crippen molar-refractivity contribution in [3.05, 3.63) is 41.6 Å². The molecule has 0 unspecified atom stereocenters. The maximum Gasteiger partial charge on any atom is 0.161 e. The number of nitrogens with zero attached hydrogens (tertiary/aromatic N) is 5. The van der Waals surface area contributed by atoms with Crippen molar-refractivity contribution in [2.45, 2.75) is 25.8 Å². The Morgan fingerprint density at radius 1 is 1.08 bits per heavy atom. The highest BCUT2D eigenvalue weighted by Crippen LogP contribution is 2.31. The van der Waals surface area contributed by atoms with Crippen LogP contribution in [0.5, 0.6) is 0 Å². The number of rotatable bonds is 4. The first-order valence-corrected chi connectivity index (χ1v) is 8.94. The molecule has 0 spiro atoms. The summed E-state index contributed by atoms with van der Waals surface area (Å²) in [6.45, 7) is 4.07. The summed E-state index contributed by atoms with van der Waals surface area (Å²) in [5.41, 5.74) is 2.15. The number of piperidine rings is 1. The Morgan fingerprint density at radius 2 is 1.92 bits per heavy atom. The smallest absolute Gasteiger partial charge is 0.161 e. The standard InChI is InChI=1S/C18H19ClFN5/c19-16-10-13(20)4-5-14(16)17-15-11-23-25(18(15)22-12-21-17)9-8-24-6-2-1-3-7-24/h4-5,10-12H,1-3,6-9H2. The van der Waals surface area contributed by atoms with E-state index in [2.05, 4.69) is 20.0 Å². The van der Waals surface area contributed by atoms with Crippen LogP contribution in [0.3, 0.4) is 0 Å². The van der Waals surface area contributed by atoms with Gasteiger partial charge in [0.15, 0.2) is 5.65 Å². The molecule has 2 aromatic heterocycles. The van der Waals surface area contributed by atoms with Gasteiger partial charge in [0.25, 0.3) is 0 Å². The average molecular weight is 360 g/mol. The van der Waals surface area contributed by atoms with Crippen LogP contribution in [0, 0.1) is 5.82 Å². The number of hydrogen-bond acceptors (Lipinski definition) is 4. The number of likely N-dealkylation sites (tertiary alicyclic amines) is 1. The lowest BCUT2D eigenvalue weighted by molar-refractivity contribution is 0.219. The van der Waals surface area contributed by atoms with E-state index in [9.17, 15) is 4.39 Å². The number of fused-ring (bicyclic) bond motifs is 1. The van der Waals surface area contributed by atoms with Gasteiger partial charge in [-0.3, -0.25) is 0 Å². The van der Waals surface area contributed by atoms with Gasteiger partial charge in [0.05, 0.1) is 28.8 Å². The minimum absolute atomic E-state index is 0.334. The van der Waals surface area contributed by atoms with E-state index >= 15 is 0 Å². The molecular formula is C18H19ClFN5. The molecule has 1 saturated heterocycles. The predicted molar refractivity (Wildman–Crippen MR) is 96.0 cm³/mol. The number of hydrogen-bond donors (Lipinski definition) is 0. The van der Waals surface area contributed by atoms with Crippen LogP contribution in [0.25, 0.3) is 22.3 Å². The predicted octanol–water partition coefficient (Wildman–Crippen LogP) is 3.77. The molecule has 0 aliphatic carbocycles. The Bertz CT molecular complexity index is 888. The fourth-order valence-electron chi connectivity index (χ4n) is 3.37. The summed E-state index contributed by atoms with van der Waals surface area (Å²) in [7, 11) is 0. The van der Waals surface area contributed by atoms with E-state index in [1.165, 1.54) is 37.7 Å². The molecule has 0 atom stereocenters. The Hall–Kier alpha value is -2.05. The van der Waals surface area contributed by atoms with Gasteiger partial charge in [-0.1, -0.05) is 18.0 Å². The summed E-state index contributed by atoms with van der Waals surface area (Å²) in [4.78, 5) is 11.2. The molecule has 3 heterocycles. The van der Waals surface area contributed by atoms with Crippen LogP contribution in [0.4, 0.5) is 4.39 Å². The van der Waals surface area contributed by atoms with E-state index in [1.807, 2.05) is 4.68 Å². The van der Waals surface area contributed by atoms with Crippen molar-refractivity contribution in [1.82, 2.24) is 24.6 Å². The van der Waals surface area contributed by atoms with Gasteiger partial charge in [0.2, 0.25) is 0 Å². The van der Waals surface area contributed by atoms with Gasteiger partial charge in [0.1, 0.15) is 12.1 Å². The average Bonchev–Trinajstić information content (AvgIpc) is 3.04. The van der Waals surface area contributed by atoms with Crippen LogP contribution in [-0.4, -0.2) is 44.3 Å². The van der Waals surface area contributed by atoms with E-state index in [-0.39, 0.29) is 5.82 Å². The lowest BCUT2D eigenvalue weighted by Gasteiger charge is -2.26. The van der Waals surface area contributed by atoms with Gasteiger partial charge >= 0.3 is 0 Å². The van der Waals surface area contributed by atoms with E-state index < -0.39 is 0 Å². The molecule has 0 amide bonds. The molecule has 3 aromatic rings. The van der Waals surface area contributed by atoms with E-state index in [0.717, 1.165) is 37.2 Å². The van der Waals surface area contributed by atoms with Crippen LogP contribution in [0.15, 0.2) is 30.7 Å². The molecule has 1 aliphatic heterocycles. The molecular weight excluding hydrogens is 341 g/mol. The fraction of sp³-hybridized carbons (Fsp3) is 0.389. The number of aromatic nitrogens is 4. The molecule has 0 N–H and O–H groups in total. The molecule has 5 nitrogen and oxygen atoms in total. The Balaban J connectivity index is 1.63. The summed E-state index contributed by atoms with van der Waals surface area (Å²) < 4.78 is 15.2. The first kappa shape index (κ1) is 16.4. The van der Waals surface area contributed by atoms with Gasteiger partial charge in [-0.15, -0.1) is 0 Å². The zero-order chi connectivity index (χ0) is 17.2. The van der Waals surface area contributed by atoms with Crippen molar-refractivity contribution in [1.29, 1.82) is 0 Å². The number of halogens is 2. The topological polar surface area (TPSA) is 46.8 Å². The maximum atomic E-state index is 13.3. The first-order chi connectivity index (χ1) is 12.2. The second kappa shape index (κ2) is 7.06. The summed E-state index contributed by atoms with van der Waals surface area (Å²) >= 11 is 6.20. The summed E-state index contributed by atoms with van der Waals surface area (Å²) in [6, 6.07) is 4.33. The van der Waals surface area contributed by atoms with Crippen LogP contribution >= 0.6 is 11.6 Å². The molecule has 1 aliphatic rings. The third-order valence-corrected chi connectivity index (χ3v) is 5.01. The molecule has 0 bridgehead atoms. The molecule has 4 rings (SSSR count). The second-order valence-electron chi connectivity index (χ2n) is 6.35. The lowest BCUT2D eigenvalue weighted by Crippen LogP contribution is -2.32. The van der Waals surface area contributed by atoms with E-state index in [0.29, 0.717) is 16.3 Å². The Morgan fingerprint density at radius 3 is 2.72 bits per heavy atom. The van der Waals surface area contributed by atoms with Crippen LogP contribution in [-0.2, 0) is 6.54 Å². The first-order valence-electron chi connectivity index (χ1n) is 8.57. The third kappa shape index (κ3) is 3.37. The Labute approximate surface area is 150 Å². The normalized spacial score (nSPS) is 15.8. The van der Waals surface area contributed by atoms with Crippen molar-refractivity contribution in [2.75, 3.05) is 19.6 Å². The molecule has 7 heteroatoms. The summed E-state index contributed by atoms with van der Waals surface area (Å²) in [6.07, 6.45) is 7.15.